The lowest BCUT2D eigenvalue weighted by Gasteiger charge is -2.27. The van der Waals surface area contributed by atoms with E-state index in [9.17, 15) is 0 Å². The molecular formula is C60H41N3. The number of anilines is 3. The monoisotopic (exact) mass is 803 g/mol. The maximum atomic E-state index is 2.42. The van der Waals surface area contributed by atoms with Gasteiger partial charge in [0.1, 0.15) is 0 Å². The van der Waals surface area contributed by atoms with Crippen LogP contribution in [0.25, 0.3) is 88.4 Å². The zero-order valence-corrected chi connectivity index (χ0v) is 34.5. The minimum atomic E-state index is 1.08. The van der Waals surface area contributed by atoms with Crippen molar-refractivity contribution < 1.29 is 0 Å². The number of benzene rings is 10. The predicted octanol–water partition coefficient (Wildman–Crippen LogP) is 16.4. The van der Waals surface area contributed by atoms with E-state index in [-0.39, 0.29) is 0 Å². The summed E-state index contributed by atoms with van der Waals surface area (Å²) in [7, 11) is 0. The summed E-state index contributed by atoms with van der Waals surface area (Å²) >= 11 is 0. The largest absolute Gasteiger partial charge is 0.310 e. The Balaban J connectivity index is 1.04. The molecule has 0 saturated carbocycles. The van der Waals surface area contributed by atoms with Gasteiger partial charge in [0, 0.05) is 50.0 Å². The molecule has 0 aliphatic rings. The van der Waals surface area contributed by atoms with Crippen LogP contribution in [0.4, 0.5) is 17.1 Å². The van der Waals surface area contributed by atoms with Crippen LogP contribution in [0.2, 0.25) is 0 Å². The molecule has 2 heterocycles. The molecule has 12 aromatic rings. The van der Waals surface area contributed by atoms with Crippen LogP contribution in [0, 0.1) is 0 Å². The molecule has 3 nitrogen and oxygen atoms in total. The van der Waals surface area contributed by atoms with Crippen molar-refractivity contribution in [1.29, 1.82) is 0 Å². The van der Waals surface area contributed by atoms with Gasteiger partial charge < -0.3 is 14.0 Å². The number of hydrogen-bond donors (Lipinski definition) is 0. The minimum Gasteiger partial charge on any atom is -0.310 e. The first-order chi connectivity index (χ1) is 31.2. The Bertz CT molecular complexity index is 3530. The van der Waals surface area contributed by atoms with E-state index >= 15 is 0 Å². The molecule has 12 rings (SSSR count). The van der Waals surface area contributed by atoms with Crippen LogP contribution in [0.3, 0.4) is 0 Å². The predicted molar refractivity (Wildman–Crippen MR) is 266 cm³/mol. The van der Waals surface area contributed by atoms with Gasteiger partial charge in [0.25, 0.3) is 0 Å². The van der Waals surface area contributed by atoms with Crippen molar-refractivity contribution in [2.24, 2.45) is 0 Å². The van der Waals surface area contributed by atoms with Crippen molar-refractivity contribution in [3.63, 3.8) is 0 Å². The summed E-state index contributed by atoms with van der Waals surface area (Å²) in [5, 5.41) is 4.92. The highest BCUT2D eigenvalue weighted by atomic mass is 15.1. The summed E-state index contributed by atoms with van der Waals surface area (Å²) in [6.07, 6.45) is 0. The quantitative estimate of drug-likeness (QED) is 0.149. The van der Waals surface area contributed by atoms with Crippen molar-refractivity contribution in [2.45, 2.75) is 0 Å². The molecule has 0 amide bonds. The molecule has 0 fully saturated rings. The lowest BCUT2D eigenvalue weighted by Crippen LogP contribution is -2.10. The number of fused-ring (bicyclic) bond motifs is 6. The average Bonchev–Trinajstić information content (AvgIpc) is 3.87. The molecular weight excluding hydrogens is 763 g/mol. The van der Waals surface area contributed by atoms with Gasteiger partial charge in [-0.05, 0) is 130 Å². The van der Waals surface area contributed by atoms with Gasteiger partial charge in [0.05, 0.1) is 22.1 Å². The molecule has 0 aliphatic heterocycles. The van der Waals surface area contributed by atoms with Crippen molar-refractivity contribution >= 4 is 60.7 Å². The minimum absolute atomic E-state index is 1.08. The standard InChI is InChI=1S/C60H41N3/c1-5-17-42(18-6-1)46-37-47(43-19-7-2-8-20-43)39-52(38-46)61(51-34-36-60-56(41-51)54-26-14-16-28-58(54)63(60)49-23-11-4-12-24-49)50-32-29-44(30-33-50)45-31-35-59-55(40-45)53-25-13-15-27-57(53)62(59)48-21-9-3-10-22-48/h1-41H. The van der Waals surface area contributed by atoms with E-state index in [4.69, 9.17) is 0 Å². The maximum Gasteiger partial charge on any atom is 0.0542 e. The molecule has 3 heteroatoms. The second-order valence-electron chi connectivity index (χ2n) is 16.2. The first kappa shape index (κ1) is 36.5. The summed E-state index contributed by atoms with van der Waals surface area (Å²) in [5.74, 6) is 0. The Labute approximate surface area is 366 Å². The molecule has 0 bridgehead atoms. The van der Waals surface area contributed by atoms with E-state index in [2.05, 4.69) is 263 Å². The van der Waals surface area contributed by atoms with Crippen LogP contribution in [0.5, 0.6) is 0 Å². The molecule has 0 radical (unpaired) electrons. The van der Waals surface area contributed by atoms with E-state index in [0.717, 1.165) is 28.4 Å². The van der Waals surface area contributed by atoms with E-state index in [1.165, 1.54) is 77.0 Å². The topological polar surface area (TPSA) is 13.1 Å². The molecule has 0 atom stereocenters. The summed E-state index contributed by atoms with van der Waals surface area (Å²) in [6, 6.07) is 90.2. The Hall–Kier alpha value is -8.40. The second kappa shape index (κ2) is 15.3. The third-order valence-electron chi connectivity index (χ3n) is 12.5. The lowest BCUT2D eigenvalue weighted by atomic mass is 9.97. The molecule has 2 aromatic heterocycles. The van der Waals surface area contributed by atoms with Gasteiger partial charge in [-0.3, -0.25) is 0 Å². The highest BCUT2D eigenvalue weighted by Gasteiger charge is 2.20. The van der Waals surface area contributed by atoms with Crippen LogP contribution in [-0.2, 0) is 0 Å². The Morgan fingerprint density at radius 1 is 0.222 bits per heavy atom. The normalized spacial score (nSPS) is 11.5. The van der Waals surface area contributed by atoms with Gasteiger partial charge in [0.2, 0.25) is 0 Å². The van der Waals surface area contributed by atoms with E-state index in [0.29, 0.717) is 0 Å². The summed E-state index contributed by atoms with van der Waals surface area (Å²) in [6.45, 7) is 0. The van der Waals surface area contributed by atoms with Crippen LogP contribution in [-0.4, -0.2) is 9.13 Å². The fourth-order valence-corrected chi connectivity index (χ4v) is 9.55. The van der Waals surface area contributed by atoms with Crippen LogP contribution in [0.1, 0.15) is 0 Å². The number of rotatable bonds is 8. The third kappa shape index (κ3) is 6.38. The fourth-order valence-electron chi connectivity index (χ4n) is 9.55. The fraction of sp³-hybridized carbons (Fsp3) is 0. The smallest absolute Gasteiger partial charge is 0.0542 e. The van der Waals surface area contributed by atoms with Gasteiger partial charge in [-0.15, -0.1) is 0 Å². The second-order valence-corrected chi connectivity index (χ2v) is 16.2. The summed E-state index contributed by atoms with van der Waals surface area (Å²) in [5.41, 5.74) is 17.4. The SMILES string of the molecule is c1ccc(-c2cc(-c3ccccc3)cc(N(c3ccc(-c4ccc5c(c4)c4ccccc4n5-c4ccccc4)cc3)c3ccc4c(c3)c3ccccc3n4-c3ccccc3)c2)cc1. The molecule has 0 unspecified atom stereocenters. The van der Waals surface area contributed by atoms with E-state index < -0.39 is 0 Å². The van der Waals surface area contributed by atoms with Crippen molar-refractivity contribution in [2.75, 3.05) is 4.90 Å². The Morgan fingerprint density at radius 2 is 0.619 bits per heavy atom. The Morgan fingerprint density at radius 3 is 1.16 bits per heavy atom. The van der Waals surface area contributed by atoms with E-state index in [1.54, 1.807) is 0 Å². The van der Waals surface area contributed by atoms with Crippen LogP contribution < -0.4 is 4.90 Å². The maximum absolute atomic E-state index is 2.42. The van der Waals surface area contributed by atoms with Crippen LogP contribution in [0.15, 0.2) is 249 Å². The number of para-hydroxylation sites is 4. The van der Waals surface area contributed by atoms with Crippen molar-refractivity contribution in [3.8, 4) is 44.8 Å². The third-order valence-corrected chi connectivity index (χ3v) is 12.5. The van der Waals surface area contributed by atoms with Crippen LogP contribution >= 0.6 is 0 Å². The molecule has 63 heavy (non-hydrogen) atoms. The molecule has 0 N–H and O–H groups in total. The molecule has 0 aliphatic carbocycles. The molecule has 296 valence electrons. The average molecular weight is 804 g/mol. The van der Waals surface area contributed by atoms with Gasteiger partial charge in [-0.2, -0.15) is 0 Å². The van der Waals surface area contributed by atoms with E-state index in [1.807, 2.05) is 0 Å². The Kier molecular flexibility index (Phi) is 8.83. The zero-order chi connectivity index (χ0) is 41.7. The zero-order valence-electron chi connectivity index (χ0n) is 34.5. The molecule has 10 aromatic carbocycles. The van der Waals surface area contributed by atoms with Gasteiger partial charge >= 0.3 is 0 Å². The summed E-state index contributed by atoms with van der Waals surface area (Å²) < 4.78 is 4.75. The van der Waals surface area contributed by atoms with Gasteiger partial charge in [-0.25, -0.2) is 0 Å². The summed E-state index contributed by atoms with van der Waals surface area (Å²) in [4.78, 5) is 2.42. The van der Waals surface area contributed by atoms with Crippen molar-refractivity contribution in [3.05, 3.63) is 249 Å². The molecule has 0 spiro atoms. The first-order valence-corrected chi connectivity index (χ1v) is 21.6. The van der Waals surface area contributed by atoms with Crippen molar-refractivity contribution in [1.82, 2.24) is 9.13 Å². The molecule has 0 saturated heterocycles. The first-order valence-electron chi connectivity index (χ1n) is 21.6. The number of nitrogens with zero attached hydrogens (tertiary/aromatic N) is 3. The highest BCUT2D eigenvalue weighted by Crippen LogP contribution is 2.43. The van der Waals surface area contributed by atoms with Gasteiger partial charge in [-0.1, -0.05) is 152 Å². The van der Waals surface area contributed by atoms with Gasteiger partial charge in [0.15, 0.2) is 0 Å². The number of hydrogen-bond acceptors (Lipinski definition) is 1. The lowest BCUT2D eigenvalue weighted by molar-refractivity contribution is 1.18. The number of aromatic nitrogens is 2. The highest BCUT2D eigenvalue weighted by molar-refractivity contribution is 6.12.